The third-order valence-corrected chi connectivity index (χ3v) is 5.39. The van der Waals surface area contributed by atoms with E-state index in [2.05, 4.69) is 0 Å². The van der Waals surface area contributed by atoms with Gasteiger partial charge in [0.05, 0.1) is 30.6 Å². The number of fused-ring (bicyclic) bond motifs is 4. The lowest BCUT2D eigenvalue weighted by molar-refractivity contribution is -0.151. The van der Waals surface area contributed by atoms with E-state index in [1.807, 2.05) is 6.07 Å². The topological polar surface area (TPSA) is 93.4 Å². The van der Waals surface area contributed by atoms with Crippen LogP contribution in [-0.4, -0.2) is 39.0 Å². The van der Waals surface area contributed by atoms with Gasteiger partial charge in [0.25, 0.3) is 0 Å². The van der Waals surface area contributed by atoms with Gasteiger partial charge in [-0.05, 0) is 36.8 Å². The van der Waals surface area contributed by atoms with Gasteiger partial charge in [0.1, 0.15) is 24.5 Å². The highest BCUT2D eigenvalue weighted by Crippen LogP contribution is 2.48. The van der Waals surface area contributed by atoms with Gasteiger partial charge in [-0.3, -0.25) is 0 Å². The molecule has 8 heteroatoms. The van der Waals surface area contributed by atoms with E-state index >= 15 is 0 Å². The van der Waals surface area contributed by atoms with Crippen molar-refractivity contribution in [2.75, 3.05) is 26.9 Å². The Hall–Kier alpha value is -3.68. The van der Waals surface area contributed by atoms with Gasteiger partial charge in [-0.1, -0.05) is 12.1 Å². The van der Waals surface area contributed by atoms with Crippen molar-refractivity contribution < 1.29 is 32.9 Å². The van der Waals surface area contributed by atoms with Crippen molar-refractivity contribution in [3.05, 3.63) is 57.9 Å². The molecule has 1 aromatic heterocycles. The minimum absolute atomic E-state index is 0.182. The molecule has 0 aliphatic carbocycles. The number of carbonyl (C=O) groups excluding carboxylic acids is 1. The van der Waals surface area contributed by atoms with Crippen molar-refractivity contribution >= 4 is 16.9 Å². The molecule has 0 amide bonds. The largest absolute Gasteiger partial charge is 0.493 e. The Kier molecular flexibility index (Phi) is 4.69. The van der Waals surface area contributed by atoms with Gasteiger partial charge in [-0.25, -0.2) is 9.59 Å². The quantitative estimate of drug-likeness (QED) is 0.466. The summed E-state index contributed by atoms with van der Waals surface area (Å²) < 4.78 is 33.7. The van der Waals surface area contributed by atoms with Crippen molar-refractivity contribution in [1.29, 1.82) is 0 Å². The molecule has 3 heterocycles. The van der Waals surface area contributed by atoms with Gasteiger partial charge < -0.3 is 28.1 Å². The second kappa shape index (κ2) is 7.54. The molecule has 0 radical (unpaired) electrons. The molecule has 31 heavy (non-hydrogen) atoms. The number of rotatable bonds is 4. The van der Waals surface area contributed by atoms with Crippen LogP contribution in [0.2, 0.25) is 0 Å². The number of esters is 1. The second-order valence-corrected chi connectivity index (χ2v) is 7.14. The van der Waals surface area contributed by atoms with Crippen LogP contribution in [0.15, 0.2) is 45.6 Å². The van der Waals surface area contributed by atoms with E-state index < -0.39 is 23.6 Å². The summed E-state index contributed by atoms with van der Waals surface area (Å²) in [7, 11) is 1.52. The first-order valence-corrected chi connectivity index (χ1v) is 9.99. The average molecular weight is 424 g/mol. The second-order valence-electron chi connectivity index (χ2n) is 7.14. The van der Waals surface area contributed by atoms with E-state index in [9.17, 15) is 9.59 Å². The summed E-state index contributed by atoms with van der Waals surface area (Å²) in [5.74, 6) is 0.384. The summed E-state index contributed by atoms with van der Waals surface area (Å²) in [4.78, 5) is 25.8. The zero-order valence-corrected chi connectivity index (χ0v) is 17.0. The molecule has 2 atom stereocenters. The van der Waals surface area contributed by atoms with Crippen LogP contribution in [0.25, 0.3) is 11.0 Å². The molecule has 0 N–H and O–H groups in total. The smallest absolute Gasteiger partial charge is 0.348 e. The first-order chi connectivity index (χ1) is 15.1. The highest BCUT2D eigenvalue weighted by atomic mass is 16.6. The highest BCUT2D eigenvalue weighted by molar-refractivity contribution is 5.88. The molecule has 0 spiro atoms. The maximum Gasteiger partial charge on any atom is 0.348 e. The zero-order valence-electron chi connectivity index (χ0n) is 17.0. The Balaban J connectivity index is 1.74. The molecule has 160 valence electrons. The minimum Gasteiger partial charge on any atom is -0.493 e. The zero-order chi connectivity index (χ0) is 21.5. The fourth-order valence-corrected chi connectivity index (χ4v) is 4.10. The van der Waals surface area contributed by atoms with Crippen LogP contribution in [0, 0.1) is 0 Å². The first kappa shape index (κ1) is 19.3. The molecule has 2 unspecified atom stereocenters. The summed E-state index contributed by atoms with van der Waals surface area (Å²) in [6, 6.07) is 10.5. The predicted molar refractivity (Wildman–Crippen MR) is 109 cm³/mol. The Morgan fingerprint density at radius 2 is 1.94 bits per heavy atom. The first-order valence-electron chi connectivity index (χ1n) is 9.99. The average Bonchev–Trinajstić information content (AvgIpc) is 3.20. The Bertz CT molecular complexity index is 1210. The predicted octanol–water partition coefficient (Wildman–Crippen LogP) is 3.03. The molecule has 0 bridgehead atoms. The van der Waals surface area contributed by atoms with E-state index in [0.717, 1.165) is 0 Å². The Morgan fingerprint density at radius 1 is 1.13 bits per heavy atom. The molecule has 5 rings (SSSR count). The van der Waals surface area contributed by atoms with Crippen LogP contribution in [0.1, 0.15) is 24.0 Å². The van der Waals surface area contributed by atoms with Crippen molar-refractivity contribution in [2.24, 2.45) is 0 Å². The van der Waals surface area contributed by atoms with E-state index in [1.165, 1.54) is 7.11 Å². The number of hydrogen-bond donors (Lipinski definition) is 0. The number of benzene rings is 2. The summed E-state index contributed by atoms with van der Waals surface area (Å²) in [6.45, 7) is 2.68. The minimum atomic E-state index is -1.06. The monoisotopic (exact) mass is 424 g/mol. The fourth-order valence-electron chi connectivity index (χ4n) is 4.10. The van der Waals surface area contributed by atoms with E-state index in [1.54, 1.807) is 37.3 Å². The lowest BCUT2D eigenvalue weighted by Crippen LogP contribution is -2.32. The highest BCUT2D eigenvalue weighted by Gasteiger charge is 2.45. The lowest BCUT2D eigenvalue weighted by atomic mass is 9.88. The maximum absolute atomic E-state index is 13.0. The molecule has 8 nitrogen and oxygen atoms in total. The molecule has 3 aromatic rings. The van der Waals surface area contributed by atoms with Crippen LogP contribution in [0.3, 0.4) is 0 Å². The van der Waals surface area contributed by atoms with E-state index in [0.29, 0.717) is 52.7 Å². The lowest BCUT2D eigenvalue weighted by Gasteiger charge is -2.24. The van der Waals surface area contributed by atoms with Gasteiger partial charge in [-0.2, -0.15) is 0 Å². The summed E-state index contributed by atoms with van der Waals surface area (Å²) in [5, 5.41) is 0.610. The molecule has 2 aliphatic heterocycles. The number of methoxy groups -OCH3 is 1. The molecular weight excluding hydrogens is 404 g/mol. The molecule has 0 saturated carbocycles. The molecular formula is C23H20O8. The molecule has 0 fully saturated rings. The van der Waals surface area contributed by atoms with Crippen LogP contribution in [0.5, 0.6) is 23.0 Å². The molecule has 0 saturated heterocycles. The third-order valence-electron chi connectivity index (χ3n) is 5.39. The van der Waals surface area contributed by atoms with Crippen LogP contribution in [-0.2, 0) is 9.53 Å². The van der Waals surface area contributed by atoms with Gasteiger partial charge in [0.15, 0.2) is 11.5 Å². The van der Waals surface area contributed by atoms with Crippen LogP contribution in [0.4, 0.5) is 0 Å². The number of hydrogen-bond acceptors (Lipinski definition) is 8. The Morgan fingerprint density at radius 3 is 2.74 bits per heavy atom. The van der Waals surface area contributed by atoms with Crippen molar-refractivity contribution in [1.82, 2.24) is 0 Å². The van der Waals surface area contributed by atoms with Crippen molar-refractivity contribution in [2.45, 2.75) is 18.9 Å². The number of ether oxygens (including phenoxy) is 5. The van der Waals surface area contributed by atoms with Gasteiger partial charge in [-0.15, -0.1) is 0 Å². The van der Waals surface area contributed by atoms with Gasteiger partial charge >= 0.3 is 11.6 Å². The number of para-hydroxylation sites is 1. The summed E-state index contributed by atoms with van der Waals surface area (Å²) >= 11 is 0. The van der Waals surface area contributed by atoms with Gasteiger partial charge in [0.2, 0.25) is 11.9 Å². The van der Waals surface area contributed by atoms with Crippen molar-refractivity contribution in [3.8, 4) is 23.0 Å². The van der Waals surface area contributed by atoms with E-state index in [4.69, 9.17) is 28.1 Å². The molecule has 2 aliphatic rings. The third kappa shape index (κ3) is 3.06. The summed E-state index contributed by atoms with van der Waals surface area (Å²) in [5.41, 5.74) is 0.671. The van der Waals surface area contributed by atoms with Crippen LogP contribution >= 0.6 is 0 Å². The standard InChI is InChI=1S/C23H20O8/c1-3-27-23(25)21-17(12-10-15(26-2)20-16(11-12)28-8-9-29-20)18-19(31-21)13-6-4-5-7-14(13)30-22(18)24/h4-7,10-11,17,21H,3,8-9H2,1-2H3. The normalized spacial score (nSPS) is 18.9. The maximum atomic E-state index is 13.0. The van der Waals surface area contributed by atoms with Gasteiger partial charge in [0, 0.05) is 0 Å². The van der Waals surface area contributed by atoms with Crippen molar-refractivity contribution in [3.63, 3.8) is 0 Å². The SMILES string of the molecule is CCOC(=O)C1Oc2c(c(=O)oc3ccccc23)C1c1cc(OC)c2c(c1)OCCO2. The van der Waals surface area contributed by atoms with Crippen LogP contribution < -0.4 is 24.6 Å². The fraction of sp³-hybridized carbons (Fsp3) is 0.304. The Labute approximate surface area is 177 Å². The molecule has 2 aromatic carbocycles. The van der Waals surface area contributed by atoms with E-state index in [-0.39, 0.29) is 12.2 Å². The summed E-state index contributed by atoms with van der Waals surface area (Å²) in [6.07, 6.45) is -1.06. The number of carbonyl (C=O) groups is 1.